The summed E-state index contributed by atoms with van der Waals surface area (Å²) >= 11 is 0. The van der Waals surface area contributed by atoms with Gasteiger partial charge in [0.25, 0.3) is 0 Å². The minimum atomic E-state index is -2.55. The fourth-order valence-corrected chi connectivity index (χ4v) is 2.66. The molecule has 0 radical (unpaired) electrons. The van der Waals surface area contributed by atoms with Crippen LogP contribution in [0.25, 0.3) is 0 Å². The molecule has 1 aliphatic heterocycles. The van der Waals surface area contributed by atoms with Crippen molar-refractivity contribution >= 4 is 17.9 Å². The third kappa shape index (κ3) is 3.97. The molecule has 3 rings (SSSR count). The average Bonchev–Trinajstić information content (AvgIpc) is 2.90. The lowest BCUT2D eigenvalue weighted by molar-refractivity contribution is -0.150. The lowest BCUT2D eigenvalue weighted by atomic mass is 10.00. The first kappa shape index (κ1) is 18.6. The molecule has 140 valence electrons. The molecule has 0 amide bonds. The normalized spacial score (nSPS) is 24.1. The number of ether oxygens (including phenoxy) is 3. The van der Waals surface area contributed by atoms with Gasteiger partial charge in [-0.05, 0) is 31.2 Å². The van der Waals surface area contributed by atoms with Crippen LogP contribution in [0, 0.1) is 0 Å². The summed E-state index contributed by atoms with van der Waals surface area (Å²) in [7, 11) is 0. The van der Waals surface area contributed by atoms with E-state index in [9.17, 15) is 18.8 Å². The number of halogens is 1. The third-order valence-electron chi connectivity index (χ3n) is 4.16. The van der Waals surface area contributed by atoms with Crippen LogP contribution in [0.5, 0.6) is 0 Å². The highest BCUT2D eigenvalue weighted by molar-refractivity contribution is 5.91. The second-order valence-electron chi connectivity index (χ2n) is 6.18. The summed E-state index contributed by atoms with van der Waals surface area (Å²) in [5.41, 5.74) is -2.05. The molecule has 0 aromatic heterocycles. The van der Waals surface area contributed by atoms with Crippen LogP contribution < -0.4 is 0 Å². The first-order valence-corrected chi connectivity index (χ1v) is 8.28. The quantitative estimate of drug-likeness (QED) is 0.593. The molecule has 0 spiro atoms. The number of benzene rings is 2. The summed E-state index contributed by atoms with van der Waals surface area (Å²) in [4.78, 5) is 36.1. The molecule has 1 heterocycles. The van der Waals surface area contributed by atoms with E-state index in [4.69, 9.17) is 14.2 Å². The van der Waals surface area contributed by atoms with Gasteiger partial charge in [-0.2, -0.15) is 0 Å². The molecule has 2 unspecified atom stereocenters. The first-order valence-electron chi connectivity index (χ1n) is 8.28. The zero-order chi connectivity index (χ0) is 19.4. The Kier molecular flexibility index (Phi) is 5.21. The molecule has 3 atom stereocenters. The Labute approximate surface area is 154 Å². The van der Waals surface area contributed by atoms with Crippen molar-refractivity contribution in [2.75, 3.05) is 6.61 Å². The Balaban J connectivity index is 1.70. The van der Waals surface area contributed by atoms with Gasteiger partial charge in [0.15, 0.2) is 12.2 Å². The summed E-state index contributed by atoms with van der Waals surface area (Å²) < 4.78 is 30.0. The predicted octanol–water partition coefficient (Wildman–Crippen LogP) is 2.72. The number of alkyl halides is 1. The highest BCUT2D eigenvalue weighted by Gasteiger charge is 2.58. The molecule has 1 saturated heterocycles. The first-order chi connectivity index (χ1) is 12.9. The van der Waals surface area contributed by atoms with Gasteiger partial charge in [-0.25, -0.2) is 18.8 Å². The zero-order valence-electron chi connectivity index (χ0n) is 14.5. The minimum absolute atomic E-state index is 0.202. The van der Waals surface area contributed by atoms with Crippen molar-refractivity contribution in [2.45, 2.75) is 24.8 Å². The van der Waals surface area contributed by atoms with Gasteiger partial charge in [0.1, 0.15) is 6.61 Å². The molecular formula is C20H17FO6. The van der Waals surface area contributed by atoms with Crippen molar-refractivity contribution in [3.05, 3.63) is 71.8 Å². The summed E-state index contributed by atoms with van der Waals surface area (Å²) in [6.45, 7) is 0.531. The van der Waals surface area contributed by atoms with E-state index in [1.807, 2.05) is 0 Å². The molecule has 0 saturated carbocycles. The van der Waals surface area contributed by atoms with E-state index in [-0.39, 0.29) is 5.56 Å². The van der Waals surface area contributed by atoms with E-state index in [1.54, 1.807) is 48.5 Å². The molecule has 0 bridgehead atoms. The Morgan fingerprint density at radius 3 is 2.07 bits per heavy atom. The van der Waals surface area contributed by atoms with Crippen molar-refractivity contribution in [3.8, 4) is 0 Å². The van der Waals surface area contributed by atoms with E-state index in [1.165, 1.54) is 12.1 Å². The van der Waals surface area contributed by atoms with Crippen molar-refractivity contribution in [2.24, 2.45) is 0 Å². The smallest absolute Gasteiger partial charge is 0.348 e. The zero-order valence-corrected chi connectivity index (χ0v) is 14.5. The van der Waals surface area contributed by atoms with Gasteiger partial charge in [0, 0.05) is 0 Å². The Bertz CT molecular complexity index is 834. The summed E-state index contributed by atoms with van der Waals surface area (Å²) in [5, 5.41) is 0. The molecule has 0 N–H and O–H groups in total. The molecule has 2 aromatic rings. The number of hydrogen-bond donors (Lipinski definition) is 0. The van der Waals surface area contributed by atoms with Crippen LogP contribution in [0.3, 0.4) is 0 Å². The average molecular weight is 372 g/mol. The maximum atomic E-state index is 14.8. The van der Waals surface area contributed by atoms with Crippen LogP contribution >= 0.6 is 0 Å². The van der Waals surface area contributed by atoms with E-state index in [0.29, 0.717) is 5.56 Å². The van der Waals surface area contributed by atoms with Gasteiger partial charge in [-0.3, -0.25) is 0 Å². The molecular weight excluding hydrogens is 355 g/mol. The molecule has 7 heteroatoms. The minimum Gasteiger partial charge on any atom is -0.458 e. The fraction of sp³-hybridized carbons (Fsp3) is 0.250. The molecule has 0 aliphatic carbocycles. The van der Waals surface area contributed by atoms with Crippen molar-refractivity contribution in [1.82, 2.24) is 0 Å². The largest absolute Gasteiger partial charge is 0.458 e. The second-order valence-corrected chi connectivity index (χ2v) is 6.18. The number of hydrogen-bond acceptors (Lipinski definition) is 6. The number of rotatable bonds is 5. The van der Waals surface area contributed by atoms with E-state index < -0.39 is 42.4 Å². The molecule has 1 aliphatic rings. The van der Waals surface area contributed by atoms with Crippen molar-refractivity contribution < 1.29 is 33.0 Å². The molecule has 6 nitrogen and oxygen atoms in total. The van der Waals surface area contributed by atoms with Crippen LogP contribution in [-0.4, -0.2) is 42.4 Å². The number of esters is 3. The fourth-order valence-electron chi connectivity index (χ4n) is 2.66. The van der Waals surface area contributed by atoms with Crippen LogP contribution in [-0.2, 0) is 19.0 Å². The summed E-state index contributed by atoms with van der Waals surface area (Å²) in [6.07, 6.45) is -2.78. The summed E-state index contributed by atoms with van der Waals surface area (Å²) in [5.74, 6) is -2.64. The van der Waals surface area contributed by atoms with Gasteiger partial charge < -0.3 is 14.2 Å². The van der Waals surface area contributed by atoms with Gasteiger partial charge in [-0.15, -0.1) is 0 Å². The van der Waals surface area contributed by atoms with Gasteiger partial charge >= 0.3 is 17.9 Å². The highest BCUT2D eigenvalue weighted by Crippen LogP contribution is 2.33. The number of carbonyl (C=O) groups excluding carboxylic acids is 3. The van der Waals surface area contributed by atoms with Crippen molar-refractivity contribution in [3.63, 3.8) is 0 Å². The van der Waals surface area contributed by atoms with E-state index in [0.717, 1.165) is 6.92 Å². The SMILES string of the molecule is C[C@]1(F)C(=O)OC(COC(=O)c2ccccc2)C1OC(=O)c1ccccc1. The van der Waals surface area contributed by atoms with Gasteiger partial charge in [-0.1, -0.05) is 36.4 Å². The standard InChI is InChI=1S/C20H17FO6/c1-20(21)16(27-18(23)14-10-6-3-7-11-14)15(26-19(20)24)12-25-17(22)13-8-4-2-5-9-13/h2-11,15-16H,12H2,1H3/t15?,16?,20-/m1/s1. The molecule has 2 aromatic carbocycles. The summed E-state index contributed by atoms with van der Waals surface area (Å²) in [6, 6.07) is 16.1. The maximum Gasteiger partial charge on any atom is 0.348 e. The Morgan fingerprint density at radius 1 is 1.00 bits per heavy atom. The van der Waals surface area contributed by atoms with Crippen LogP contribution in [0.4, 0.5) is 4.39 Å². The van der Waals surface area contributed by atoms with E-state index >= 15 is 0 Å². The van der Waals surface area contributed by atoms with E-state index in [2.05, 4.69) is 0 Å². The number of carbonyl (C=O) groups is 3. The Morgan fingerprint density at radius 2 is 1.52 bits per heavy atom. The maximum absolute atomic E-state index is 14.8. The highest BCUT2D eigenvalue weighted by atomic mass is 19.1. The molecule has 1 fully saturated rings. The molecule has 27 heavy (non-hydrogen) atoms. The van der Waals surface area contributed by atoms with Crippen LogP contribution in [0.1, 0.15) is 27.6 Å². The lowest BCUT2D eigenvalue weighted by Gasteiger charge is -2.22. The monoisotopic (exact) mass is 372 g/mol. The van der Waals surface area contributed by atoms with Gasteiger partial charge in [0.2, 0.25) is 5.67 Å². The van der Waals surface area contributed by atoms with Crippen LogP contribution in [0.15, 0.2) is 60.7 Å². The Hall–Kier alpha value is -3.22. The van der Waals surface area contributed by atoms with Crippen LogP contribution in [0.2, 0.25) is 0 Å². The predicted molar refractivity (Wildman–Crippen MR) is 91.8 cm³/mol. The lowest BCUT2D eigenvalue weighted by Crippen LogP contribution is -2.44. The topological polar surface area (TPSA) is 78.9 Å². The van der Waals surface area contributed by atoms with Crippen molar-refractivity contribution in [1.29, 1.82) is 0 Å². The third-order valence-corrected chi connectivity index (χ3v) is 4.16. The second kappa shape index (κ2) is 7.57. The number of cyclic esters (lactones) is 1. The van der Waals surface area contributed by atoms with Gasteiger partial charge in [0.05, 0.1) is 11.1 Å².